The average Bonchev–Trinajstić information content (AvgIpc) is 1.80. The van der Waals surface area contributed by atoms with Gasteiger partial charge in [0.2, 0.25) is 6.61 Å². The number of alkyl halides is 3. The Morgan fingerprint density at radius 1 is 1.42 bits per heavy atom. The number of hydrogen-bond acceptors (Lipinski definition) is 2. The minimum absolute atomic E-state index is 0.207. The summed E-state index contributed by atoms with van der Waals surface area (Å²) in [6.07, 6.45) is 1.21. The molecule has 1 fully saturated rings. The van der Waals surface area contributed by atoms with Gasteiger partial charge in [-0.05, 0) is 12.8 Å². The van der Waals surface area contributed by atoms with Crippen LogP contribution in [0, 0.1) is 5.92 Å². The predicted octanol–water partition coefficient (Wildman–Crippen LogP) is 2.23. The Labute approximate surface area is 68.4 Å². The van der Waals surface area contributed by atoms with Crippen LogP contribution in [-0.2, 0) is 4.84 Å². The maximum absolute atomic E-state index is 11.5. The number of rotatable bonds is 3. The molecule has 0 heterocycles. The second kappa shape index (κ2) is 3.78. The minimum Gasteiger partial charge on any atom is -0.386 e. The molecule has 0 saturated heterocycles. The molecule has 0 aromatic heterocycles. The average molecular weight is 180 g/mol. The fourth-order valence-electron chi connectivity index (χ4n) is 0.755. The van der Waals surface area contributed by atoms with Gasteiger partial charge in [0, 0.05) is 5.92 Å². The summed E-state index contributed by atoms with van der Waals surface area (Å²) in [6, 6.07) is 0. The highest BCUT2D eigenvalue weighted by Gasteiger charge is 2.28. The quantitative estimate of drug-likeness (QED) is 0.482. The standard InChI is InChI=1S/C7H9F3NO/c8-7(9,10)5-12-11-4-6-2-1-3-6/h6H,1-3,5H2. The van der Waals surface area contributed by atoms with Gasteiger partial charge in [0.05, 0.1) is 0 Å². The third-order valence-corrected chi connectivity index (χ3v) is 1.63. The van der Waals surface area contributed by atoms with E-state index in [1.54, 1.807) is 0 Å². The first-order valence-electron chi connectivity index (χ1n) is 3.72. The van der Waals surface area contributed by atoms with Gasteiger partial charge in [0.1, 0.15) is 6.21 Å². The molecule has 0 aliphatic heterocycles. The zero-order valence-electron chi connectivity index (χ0n) is 6.40. The molecule has 0 spiro atoms. The molecule has 1 aliphatic rings. The third kappa shape index (κ3) is 3.59. The van der Waals surface area contributed by atoms with Crippen LogP contribution in [0.1, 0.15) is 19.3 Å². The van der Waals surface area contributed by atoms with E-state index in [1.807, 2.05) is 0 Å². The zero-order valence-corrected chi connectivity index (χ0v) is 6.40. The lowest BCUT2D eigenvalue weighted by molar-refractivity contribution is -0.173. The SMILES string of the molecule is FC(F)(F)CO/N=[C]\C1CCC1. The molecule has 5 heteroatoms. The molecule has 1 rings (SSSR count). The van der Waals surface area contributed by atoms with E-state index >= 15 is 0 Å². The Morgan fingerprint density at radius 2 is 2.08 bits per heavy atom. The summed E-state index contributed by atoms with van der Waals surface area (Å²) < 4.78 is 34.4. The number of hydrogen-bond donors (Lipinski definition) is 0. The first-order valence-corrected chi connectivity index (χ1v) is 3.72. The molecule has 0 aromatic carbocycles. The summed E-state index contributed by atoms with van der Waals surface area (Å²) >= 11 is 0. The summed E-state index contributed by atoms with van der Waals surface area (Å²) in [5.74, 6) is 0.207. The Kier molecular flexibility index (Phi) is 2.94. The van der Waals surface area contributed by atoms with Crippen LogP contribution in [-0.4, -0.2) is 19.0 Å². The zero-order chi connectivity index (χ0) is 9.03. The molecule has 0 unspecified atom stereocenters. The number of halogens is 3. The highest BCUT2D eigenvalue weighted by molar-refractivity contribution is 5.60. The van der Waals surface area contributed by atoms with Crippen molar-refractivity contribution in [2.24, 2.45) is 11.1 Å². The van der Waals surface area contributed by atoms with Gasteiger partial charge in [-0.3, -0.25) is 0 Å². The highest BCUT2D eigenvalue weighted by atomic mass is 19.4. The molecule has 12 heavy (non-hydrogen) atoms. The normalized spacial score (nSPS) is 19.6. The molecule has 69 valence electrons. The molecule has 1 aliphatic carbocycles. The fourth-order valence-corrected chi connectivity index (χ4v) is 0.755. The van der Waals surface area contributed by atoms with Crippen LogP contribution in [0.15, 0.2) is 5.16 Å². The molecule has 0 bridgehead atoms. The summed E-state index contributed by atoms with van der Waals surface area (Å²) in [4.78, 5) is 3.99. The summed E-state index contributed by atoms with van der Waals surface area (Å²) in [5, 5.41) is 3.11. The second-order valence-corrected chi connectivity index (χ2v) is 2.74. The van der Waals surface area contributed by atoms with E-state index in [0.717, 1.165) is 19.3 Å². The van der Waals surface area contributed by atoms with Gasteiger partial charge < -0.3 is 4.84 Å². The van der Waals surface area contributed by atoms with Gasteiger partial charge in [-0.25, -0.2) is 0 Å². The largest absolute Gasteiger partial charge is 0.425 e. The van der Waals surface area contributed by atoms with E-state index in [0.29, 0.717) is 0 Å². The van der Waals surface area contributed by atoms with Gasteiger partial charge >= 0.3 is 6.18 Å². The van der Waals surface area contributed by atoms with E-state index in [2.05, 4.69) is 16.2 Å². The molecular formula is C7H9F3NO. The van der Waals surface area contributed by atoms with Gasteiger partial charge in [0.25, 0.3) is 0 Å². The van der Waals surface area contributed by atoms with Crippen LogP contribution in [0.25, 0.3) is 0 Å². The smallest absolute Gasteiger partial charge is 0.386 e. The van der Waals surface area contributed by atoms with Gasteiger partial charge in [-0.2, -0.15) is 13.2 Å². The molecule has 2 nitrogen and oxygen atoms in total. The fraction of sp³-hybridized carbons (Fsp3) is 0.857. The van der Waals surface area contributed by atoms with E-state index in [4.69, 9.17) is 0 Å². The summed E-state index contributed by atoms with van der Waals surface area (Å²) in [7, 11) is 0. The first kappa shape index (κ1) is 9.35. The Morgan fingerprint density at radius 3 is 2.50 bits per heavy atom. The van der Waals surface area contributed by atoms with Crippen molar-refractivity contribution >= 4 is 6.21 Å². The monoisotopic (exact) mass is 180 g/mol. The lowest BCUT2D eigenvalue weighted by Crippen LogP contribution is -2.16. The van der Waals surface area contributed by atoms with Crippen LogP contribution in [0.5, 0.6) is 0 Å². The molecule has 1 radical (unpaired) electrons. The third-order valence-electron chi connectivity index (χ3n) is 1.63. The van der Waals surface area contributed by atoms with Crippen molar-refractivity contribution in [2.45, 2.75) is 25.4 Å². The number of nitrogens with zero attached hydrogens (tertiary/aromatic N) is 1. The highest BCUT2D eigenvalue weighted by Crippen LogP contribution is 2.24. The van der Waals surface area contributed by atoms with Crippen molar-refractivity contribution in [3.63, 3.8) is 0 Å². The van der Waals surface area contributed by atoms with Crippen molar-refractivity contribution < 1.29 is 18.0 Å². The Balaban J connectivity index is 2.04. The summed E-state index contributed by atoms with van der Waals surface area (Å²) in [6.45, 7) is -1.33. The second-order valence-electron chi connectivity index (χ2n) is 2.74. The van der Waals surface area contributed by atoms with Crippen LogP contribution in [0.2, 0.25) is 0 Å². The molecule has 1 saturated carbocycles. The molecular weight excluding hydrogens is 171 g/mol. The van der Waals surface area contributed by atoms with Crippen LogP contribution in [0.4, 0.5) is 13.2 Å². The lowest BCUT2D eigenvalue weighted by atomic mass is 9.87. The Hall–Kier alpha value is -0.740. The van der Waals surface area contributed by atoms with E-state index in [-0.39, 0.29) is 5.92 Å². The first-order chi connectivity index (χ1) is 5.58. The molecule has 0 atom stereocenters. The minimum atomic E-state index is -4.30. The van der Waals surface area contributed by atoms with Gasteiger partial charge in [-0.1, -0.05) is 11.6 Å². The predicted molar refractivity (Wildman–Crippen MR) is 36.8 cm³/mol. The van der Waals surface area contributed by atoms with E-state index < -0.39 is 12.8 Å². The maximum atomic E-state index is 11.5. The maximum Gasteiger partial charge on any atom is 0.425 e. The van der Waals surface area contributed by atoms with Crippen LogP contribution >= 0.6 is 0 Å². The van der Waals surface area contributed by atoms with Crippen LogP contribution < -0.4 is 0 Å². The summed E-state index contributed by atoms with van der Waals surface area (Å²) in [5.41, 5.74) is 0. The van der Waals surface area contributed by atoms with Crippen molar-refractivity contribution in [3.8, 4) is 0 Å². The van der Waals surface area contributed by atoms with Crippen molar-refractivity contribution in [1.82, 2.24) is 0 Å². The topological polar surface area (TPSA) is 21.6 Å². The van der Waals surface area contributed by atoms with Crippen molar-refractivity contribution in [3.05, 3.63) is 0 Å². The van der Waals surface area contributed by atoms with Gasteiger partial charge in [0.15, 0.2) is 0 Å². The van der Waals surface area contributed by atoms with Crippen molar-refractivity contribution in [2.75, 3.05) is 6.61 Å². The van der Waals surface area contributed by atoms with E-state index in [1.165, 1.54) is 0 Å². The van der Waals surface area contributed by atoms with Gasteiger partial charge in [-0.15, -0.1) is 0 Å². The lowest BCUT2D eigenvalue weighted by Gasteiger charge is -2.18. The van der Waals surface area contributed by atoms with Crippen molar-refractivity contribution in [1.29, 1.82) is 0 Å². The van der Waals surface area contributed by atoms with E-state index in [9.17, 15) is 13.2 Å². The molecule has 0 N–H and O–H groups in total. The van der Waals surface area contributed by atoms with Crippen LogP contribution in [0.3, 0.4) is 0 Å². The molecule has 0 amide bonds. The molecule has 0 aromatic rings. The Bertz CT molecular complexity index is 163.